The maximum atomic E-state index is 4.56. The molecule has 0 bridgehead atoms. The summed E-state index contributed by atoms with van der Waals surface area (Å²) < 4.78 is 4.56. The Balaban J connectivity index is 2.10. The molecule has 0 radical (unpaired) electrons. The van der Waals surface area contributed by atoms with E-state index in [0.29, 0.717) is 0 Å². The van der Waals surface area contributed by atoms with E-state index in [1.807, 2.05) is 0 Å². The predicted octanol–water partition coefficient (Wildman–Crippen LogP) is 3.54. The van der Waals surface area contributed by atoms with Gasteiger partial charge in [0.2, 0.25) is 0 Å². The number of para-hydroxylation sites is 1. The maximum Gasteiger partial charge on any atom is 0.149 e. The number of amidine groups is 1. The molecule has 2 aliphatic rings. The van der Waals surface area contributed by atoms with E-state index in [1.54, 1.807) is 11.9 Å². The summed E-state index contributed by atoms with van der Waals surface area (Å²) in [5.74, 6) is 2.02. The van der Waals surface area contributed by atoms with Crippen LogP contribution in [0, 0.1) is 0 Å². The average Bonchev–Trinajstić information content (AvgIpc) is 2.89. The number of benzene rings is 2. The van der Waals surface area contributed by atoms with Crippen LogP contribution in [0.2, 0.25) is 0 Å². The Morgan fingerprint density at radius 3 is 2.47 bits per heavy atom. The van der Waals surface area contributed by atoms with Gasteiger partial charge in [-0.1, -0.05) is 42.5 Å². The van der Waals surface area contributed by atoms with Gasteiger partial charge in [0, 0.05) is 11.1 Å². The van der Waals surface area contributed by atoms with Gasteiger partial charge in [-0.05, 0) is 23.6 Å². The molecule has 17 heavy (non-hydrogen) atoms. The van der Waals surface area contributed by atoms with Crippen molar-refractivity contribution in [1.82, 2.24) is 0 Å². The first-order valence-electron chi connectivity index (χ1n) is 5.61. The van der Waals surface area contributed by atoms with Crippen LogP contribution in [0.4, 0.5) is 5.69 Å². The largest absolute Gasteiger partial charge is 0.313 e. The van der Waals surface area contributed by atoms with Crippen LogP contribution in [0.5, 0.6) is 0 Å². The molecular formula is C14H10N2S. The van der Waals surface area contributed by atoms with Crippen molar-refractivity contribution < 1.29 is 0 Å². The van der Waals surface area contributed by atoms with Gasteiger partial charge >= 0.3 is 0 Å². The molecule has 82 valence electrons. The molecular weight excluding hydrogens is 228 g/mol. The Hall–Kier alpha value is -1.74. The molecule has 0 atom stereocenters. The van der Waals surface area contributed by atoms with E-state index in [-0.39, 0.29) is 0 Å². The first-order chi connectivity index (χ1) is 8.45. The summed E-state index contributed by atoms with van der Waals surface area (Å²) in [5, 5.41) is 0. The molecule has 0 spiro atoms. The lowest BCUT2D eigenvalue weighted by atomic mass is 9.93. The zero-order valence-electron chi connectivity index (χ0n) is 9.13. The highest BCUT2D eigenvalue weighted by Crippen LogP contribution is 2.42. The fourth-order valence-electron chi connectivity index (χ4n) is 2.49. The van der Waals surface area contributed by atoms with Gasteiger partial charge < -0.3 is 4.90 Å². The summed E-state index contributed by atoms with van der Waals surface area (Å²) >= 11 is 1.62. The third-order valence-corrected chi connectivity index (χ3v) is 3.92. The van der Waals surface area contributed by atoms with Crippen LogP contribution in [0.3, 0.4) is 0 Å². The van der Waals surface area contributed by atoms with Gasteiger partial charge in [0.25, 0.3) is 0 Å². The number of nitrogens with zero attached hydrogens (tertiary/aromatic N) is 2. The zero-order valence-corrected chi connectivity index (χ0v) is 9.95. The molecule has 2 aromatic rings. The number of rotatable bonds is 0. The summed E-state index contributed by atoms with van der Waals surface area (Å²) in [5.41, 5.74) is 5.12. The third-order valence-electron chi connectivity index (χ3n) is 3.25. The van der Waals surface area contributed by atoms with Gasteiger partial charge in [0.15, 0.2) is 0 Å². The number of anilines is 1. The fourth-order valence-corrected chi connectivity index (χ4v) is 3.24. The Labute approximate surface area is 104 Å². The minimum absolute atomic E-state index is 0.917. The molecule has 0 amide bonds. The first-order valence-corrected chi connectivity index (χ1v) is 6.56. The van der Waals surface area contributed by atoms with E-state index in [1.165, 1.54) is 22.4 Å². The smallest absolute Gasteiger partial charge is 0.149 e. The predicted molar refractivity (Wildman–Crippen MR) is 73.4 cm³/mol. The van der Waals surface area contributed by atoms with Crippen molar-refractivity contribution in [3.63, 3.8) is 0 Å². The number of hydrogen-bond donors (Lipinski definition) is 0. The van der Waals surface area contributed by atoms with Crippen molar-refractivity contribution in [1.29, 1.82) is 0 Å². The molecule has 0 saturated carbocycles. The summed E-state index contributed by atoms with van der Waals surface area (Å²) in [4.78, 5) is 2.29. The van der Waals surface area contributed by atoms with E-state index in [2.05, 4.69) is 57.8 Å². The van der Waals surface area contributed by atoms with Crippen LogP contribution in [0.25, 0.3) is 11.1 Å². The summed E-state index contributed by atoms with van der Waals surface area (Å²) in [7, 11) is 0. The summed E-state index contributed by atoms with van der Waals surface area (Å²) in [6.45, 7) is 0. The molecule has 0 N–H and O–H groups in total. The molecule has 0 saturated heterocycles. The minimum atomic E-state index is 0.917. The second kappa shape index (κ2) is 3.37. The molecule has 4 rings (SSSR count). The molecule has 2 aliphatic heterocycles. The molecule has 2 aromatic carbocycles. The van der Waals surface area contributed by atoms with Gasteiger partial charge in [-0.3, -0.25) is 0 Å². The third kappa shape index (κ3) is 1.20. The lowest BCUT2D eigenvalue weighted by Crippen LogP contribution is -2.31. The molecule has 0 unspecified atom stereocenters. The first kappa shape index (κ1) is 9.31. The van der Waals surface area contributed by atoms with E-state index in [0.717, 1.165) is 11.7 Å². The zero-order chi connectivity index (χ0) is 11.2. The number of hydrogen-bond acceptors (Lipinski definition) is 3. The number of fused-ring (bicyclic) bond motifs is 6. The SMILES string of the molecule is c1ccc2c(c1)C1=NSCN1c1ccccc1-2. The van der Waals surface area contributed by atoms with Crippen molar-refractivity contribution in [2.24, 2.45) is 4.40 Å². The molecule has 3 heteroatoms. The topological polar surface area (TPSA) is 15.6 Å². The molecule has 0 aliphatic carbocycles. The summed E-state index contributed by atoms with van der Waals surface area (Å²) in [6, 6.07) is 17.1. The lowest BCUT2D eigenvalue weighted by molar-refractivity contribution is 1.23. The van der Waals surface area contributed by atoms with Crippen molar-refractivity contribution in [2.75, 3.05) is 10.8 Å². The fraction of sp³-hybridized carbons (Fsp3) is 0.0714. The van der Waals surface area contributed by atoms with Crippen molar-refractivity contribution in [2.45, 2.75) is 0 Å². The average molecular weight is 238 g/mol. The van der Waals surface area contributed by atoms with E-state index < -0.39 is 0 Å². The van der Waals surface area contributed by atoms with Crippen LogP contribution < -0.4 is 4.90 Å². The second-order valence-corrected chi connectivity index (χ2v) is 4.86. The lowest BCUT2D eigenvalue weighted by Gasteiger charge is -2.29. The highest BCUT2D eigenvalue weighted by atomic mass is 32.2. The molecule has 0 fully saturated rings. The summed E-state index contributed by atoms with van der Waals surface area (Å²) in [6.07, 6.45) is 0. The monoisotopic (exact) mass is 238 g/mol. The van der Waals surface area contributed by atoms with Crippen molar-refractivity contribution in [3.05, 3.63) is 54.1 Å². The van der Waals surface area contributed by atoms with Crippen molar-refractivity contribution in [3.8, 4) is 11.1 Å². The molecule has 2 heterocycles. The minimum Gasteiger partial charge on any atom is -0.313 e. The quantitative estimate of drug-likeness (QED) is 0.652. The van der Waals surface area contributed by atoms with Gasteiger partial charge in [-0.25, -0.2) is 0 Å². The maximum absolute atomic E-state index is 4.56. The van der Waals surface area contributed by atoms with Gasteiger partial charge in [0.05, 0.1) is 11.6 Å². The van der Waals surface area contributed by atoms with Crippen LogP contribution >= 0.6 is 11.9 Å². The standard InChI is InChI=1S/C14H10N2S/c1-2-7-12-10(5-1)11-6-3-4-8-13(11)16-9-17-15-14(12)16/h1-8H,9H2. The highest BCUT2D eigenvalue weighted by Gasteiger charge is 2.30. The molecule has 0 aromatic heterocycles. The van der Waals surface area contributed by atoms with Crippen LogP contribution in [0.15, 0.2) is 52.9 Å². The van der Waals surface area contributed by atoms with Gasteiger partial charge in [-0.2, -0.15) is 4.40 Å². The highest BCUT2D eigenvalue weighted by molar-refractivity contribution is 7.98. The Bertz CT molecular complexity index is 634. The Morgan fingerprint density at radius 1 is 0.882 bits per heavy atom. The second-order valence-electron chi connectivity index (χ2n) is 4.16. The van der Waals surface area contributed by atoms with Gasteiger partial charge in [0.1, 0.15) is 5.84 Å². The van der Waals surface area contributed by atoms with Crippen LogP contribution in [-0.2, 0) is 0 Å². The van der Waals surface area contributed by atoms with Gasteiger partial charge in [-0.15, -0.1) is 0 Å². The Morgan fingerprint density at radius 2 is 1.59 bits per heavy atom. The van der Waals surface area contributed by atoms with E-state index in [4.69, 9.17) is 0 Å². The van der Waals surface area contributed by atoms with Crippen LogP contribution in [-0.4, -0.2) is 11.7 Å². The van der Waals surface area contributed by atoms with Crippen LogP contribution in [0.1, 0.15) is 5.56 Å². The van der Waals surface area contributed by atoms with Crippen molar-refractivity contribution >= 4 is 23.5 Å². The normalized spacial score (nSPS) is 16.0. The Kier molecular flexibility index (Phi) is 1.85. The van der Waals surface area contributed by atoms with E-state index in [9.17, 15) is 0 Å². The van der Waals surface area contributed by atoms with E-state index >= 15 is 0 Å². The molecule has 2 nitrogen and oxygen atoms in total.